The van der Waals surface area contributed by atoms with Gasteiger partial charge in [-0.2, -0.15) is 0 Å². The van der Waals surface area contributed by atoms with E-state index in [1.807, 2.05) is 91.0 Å². The minimum Gasteiger partial charge on any atom is -0.464 e. The quantitative estimate of drug-likeness (QED) is 0.386. The average molecular weight is 425 g/mol. The zero-order valence-electron chi connectivity index (χ0n) is 17.9. The number of aromatic nitrogens is 1. The summed E-state index contributed by atoms with van der Waals surface area (Å²) in [7, 11) is 2.69. The molecule has 0 saturated carbocycles. The van der Waals surface area contributed by atoms with Gasteiger partial charge in [-0.15, -0.1) is 0 Å². The lowest BCUT2D eigenvalue weighted by molar-refractivity contribution is 0.0579. The van der Waals surface area contributed by atoms with Crippen molar-refractivity contribution in [1.29, 1.82) is 0 Å². The number of carbonyl (C=O) groups is 2. The highest BCUT2D eigenvalue weighted by Crippen LogP contribution is 2.41. The molecule has 160 valence electrons. The predicted molar refractivity (Wildman–Crippen MR) is 124 cm³/mol. The second-order valence-corrected chi connectivity index (χ2v) is 7.23. The molecule has 0 fully saturated rings. The minimum absolute atomic E-state index is 0.307. The largest absolute Gasteiger partial charge is 0.464 e. The molecule has 0 spiro atoms. The maximum atomic E-state index is 13.1. The van der Waals surface area contributed by atoms with Crippen LogP contribution >= 0.6 is 0 Å². The van der Waals surface area contributed by atoms with Gasteiger partial charge in [0.25, 0.3) is 0 Å². The van der Waals surface area contributed by atoms with Gasteiger partial charge in [0.05, 0.1) is 14.2 Å². The average Bonchev–Trinajstić information content (AvgIpc) is 3.19. The lowest BCUT2D eigenvalue weighted by Crippen LogP contribution is -2.18. The van der Waals surface area contributed by atoms with Crippen molar-refractivity contribution in [2.24, 2.45) is 0 Å². The Hall–Kier alpha value is -4.12. The van der Waals surface area contributed by atoms with E-state index in [0.29, 0.717) is 29.1 Å². The van der Waals surface area contributed by atoms with Gasteiger partial charge in [-0.3, -0.25) is 0 Å². The minimum atomic E-state index is -0.521. The number of rotatable bonds is 6. The van der Waals surface area contributed by atoms with Crippen LogP contribution in [0.3, 0.4) is 0 Å². The fraction of sp³-hybridized carbons (Fsp3) is 0.111. The summed E-state index contributed by atoms with van der Waals surface area (Å²) in [6, 6.07) is 28.8. The van der Waals surface area contributed by atoms with Crippen LogP contribution in [0, 0.1) is 0 Å². The van der Waals surface area contributed by atoms with Gasteiger partial charge in [0, 0.05) is 17.7 Å². The van der Waals surface area contributed by atoms with E-state index in [-0.39, 0.29) is 0 Å². The molecule has 0 aliphatic heterocycles. The third kappa shape index (κ3) is 3.93. The maximum Gasteiger partial charge on any atom is 0.355 e. The van der Waals surface area contributed by atoms with Crippen molar-refractivity contribution < 1.29 is 19.1 Å². The number of carbonyl (C=O) groups excluding carboxylic acids is 2. The Morgan fingerprint density at radius 2 is 1.00 bits per heavy atom. The third-order valence-corrected chi connectivity index (χ3v) is 5.33. The number of nitrogens with zero attached hydrogens (tertiary/aromatic N) is 1. The standard InChI is InChI=1S/C27H23NO4/c1-31-26(29)24-22(20-14-8-4-9-15-20)23(21-16-10-5-11-17-21)25(27(30)32-2)28(24)18-19-12-6-3-7-13-19/h3-17H,18H2,1-2H3. The Kier molecular flexibility index (Phi) is 6.17. The predicted octanol–water partition coefficient (Wildman–Crippen LogP) is 5.44. The highest BCUT2D eigenvalue weighted by molar-refractivity contribution is 6.09. The molecule has 0 unspecified atom stereocenters. The van der Waals surface area contributed by atoms with E-state index in [9.17, 15) is 9.59 Å². The van der Waals surface area contributed by atoms with Crippen LogP contribution in [-0.4, -0.2) is 30.7 Å². The van der Waals surface area contributed by atoms with Gasteiger partial charge in [-0.05, 0) is 16.7 Å². The summed E-state index contributed by atoms with van der Waals surface area (Å²) in [6.07, 6.45) is 0. The summed E-state index contributed by atoms with van der Waals surface area (Å²) in [5, 5.41) is 0. The summed E-state index contributed by atoms with van der Waals surface area (Å²) in [5.41, 5.74) is 4.45. The van der Waals surface area contributed by atoms with Crippen LogP contribution in [0.5, 0.6) is 0 Å². The first-order valence-corrected chi connectivity index (χ1v) is 10.2. The highest BCUT2D eigenvalue weighted by Gasteiger charge is 2.33. The Morgan fingerprint density at radius 1 is 0.625 bits per heavy atom. The normalized spacial score (nSPS) is 10.6. The summed E-state index contributed by atoms with van der Waals surface area (Å²) in [5.74, 6) is -1.04. The molecule has 1 aromatic heterocycles. The van der Waals surface area contributed by atoms with E-state index in [2.05, 4.69) is 0 Å². The number of methoxy groups -OCH3 is 2. The van der Waals surface area contributed by atoms with Crippen molar-refractivity contribution in [3.05, 3.63) is 108 Å². The lowest BCUT2D eigenvalue weighted by Gasteiger charge is -2.12. The molecule has 3 aromatic carbocycles. The van der Waals surface area contributed by atoms with Crippen LogP contribution in [0.25, 0.3) is 22.3 Å². The molecule has 4 rings (SSSR count). The molecule has 32 heavy (non-hydrogen) atoms. The summed E-state index contributed by atoms with van der Waals surface area (Å²) in [4.78, 5) is 26.3. The number of ether oxygens (including phenoxy) is 2. The Balaban J connectivity index is 2.13. The summed E-state index contributed by atoms with van der Waals surface area (Å²) in [6.45, 7) is 0.308. The molecule has 5 nitrogen and oxygen atoms in total. The Bertz CT molecular complexity index is 1150. The molecular weight excluding hydrogens is 402 g/mol. The van der Waals surface area contributed by atoms with Gasteiger partial charge in [-0.25, -0.2) is 9.59 Å². The van der Waals surface area contributed by atoms with Gasteiger partial charge in [0.1, 0.15) is 11.4 Å². The number of esters is 2. The second kappa shape index (κ2) is 9.35. The van der Waals surface area contributed by atoms with Crippen LogP contribution in [0.4, 0.5) is 0 Å². The smallest absolute Gasteiger partial charge is 0.355 e. The molecule has 0 saturated heterocycles. The summed E-state index contributed by atoms with van der Waals surface area (Å²) >= 11 is 0. The number of hydrogen-bond acceptors (Lipinski definition) is 4. The fourth-order valence-corrected chi connectivity index (χ4v) is 3.93. The topological polar surface area (TPSA) is 57.5 Å². The molecule has 0 N–H and O–H groups in total. The van der Waals surface area contributed by atoms with Gasteiger partial charge in [-0.1, -0.05) is 91.0 Å². The molecule has 4 aromatic rings. The lowest BCUT2D eigenvalue weighted by atomic mass is 9.94. The first-order valence-electron chi connectivity index (χ1n) is 10.2. The maximum absolute atomic E-state index is 13.1. The van der Waals surface area contributed by atoms with Gasteiger partial charge in [0.2, 0.25) is 0 Å². The van der Waals surface area contributed by atoms with Crippen molar-refractivity contribution >= 4 is 11.9 Å². The van der Waals surface area contributed by atoms with Crippen LogP contribution in [0.15, 0.2) is 91.0 Å². The zero-order valence-corrected chi connectivity index (χ0v) is 17.9. The Labute approximate surface area is 186 Å². The van der Waals surface area contributed by atoms with Crippen LogP contribution in [0.2, 0.25) is 0 Å². The molecule has 5 heteroatoms. The Morgan fingerprint density at radius 3 is 1.38 bits per heavy atom. The fourth-order valence-electron chi connectivity index (χ4n) is 3.93. The van der Waals surface area contributed by atoms with E-state index in [1.165, 1.54) is 14.2 Å². The molecule has 0 bridgehead atoms. The van der Waals surface area contributed by atoms with Crippen molar-refractivity contribution in [3.63, 3.8) is 0 Å². The summed E-state index contributed by atoms with van der Waals surface area (Å²) < 4.78 is 12.1. The monoisotopic (exact) mass is 425 g/mol. The van der Waals surface area contributed by atoms with Crippen LogP contribution in [0.1, 0.15) is 26.5 Å². The van der Waals surface area contributed by atoms with Gasteiger partial charge in [0.15, 0.2) is 0 Å². The van der Waals surface area contributed by atoms with E-state index >= 15 is 0 Å². The highest BCUT2D eigenvalue weighted by atomic mass is 16.5. The first-order chi connectivity index (χ1) is 15.7. The number of hydrogen-bond donors (Lipinski definition) is 0. The van der Waals surface area contributed by atoms with E-state index in [4.69, 9.17) is 9.47 Å². The molecular formula is C27H23NO4. The molecule has 0 radical (unpaired) electrons. The first kappa shape index (κ1) is 21.1. The van der Waals surface area contributed by atoms with Crippen LogP contribution < -0.4 is 0 Å². The molecule has 0 atom stereocenters. The van der Waals surface area contributed by atoms with Crippen molar-refractivity contribution in [1.82, 2.24) is 4.57 Å². The molecule has 0 amide bonds. The van der Waals surface area contributed by atoms with E-state index in [0.717, 1.165) is 16.7 Å². The SMILES string of the molecule is COC(=O)c1c(-c2ccccc2)c(-c2ccccc2)c(C(=O)OC)n1Cc1ccccc1. The zero-order chi connectivity index (χ0) is 22.5. The molecule has 1 heterocycles. The van der Waals surface area contributed by atoms with Crippen molar-refractivity contribution in [2.45, 2.75) is 6.54 Å². The van der Waals surface area contributed by atoms with E-state index < -0.39 is 11.9 Å². The van der Waals surface area contributed by atoms with Gasteiger partial charge >= 0.3 is 11.9 Å². The van der Waals surface area contributed by atoms with Gasteiger partial charge < -0.3 is 14.0 Å². The molecule has 0 aliphatic rings. The van der Waals surface area contributed by atoms with Crippen molar-refractivity contribution in [2.75, 3.05) is 14.2 Å². The second-order valence-electron chi connectivity index (χ2n) is 7.23. The third-order valence-electron chi connectivity index (χ3n) is 5.33. The van der Waals surface area contributed by atoms with Crippen LogP contribution in [-0.2, 0) is 16.0 Å². The van der Waals surface area contributed by atoms with Crippen molar-refractivity contribution in [3.8, 4) is 22.3 Å². The van der Waals surface area contributed by atoms with E-state index in [1.54, 1.807) is 4.57 Å². The molecule has 0 aliphatic carbocycles. The number of benzene rings is 3.